The number of rotatable bonds is 7. The van der Waals surface area contributed by atoms with E-state index in [9.17, 15) is 19.5 Å². The molecule has 37 heavy (non-hydrogen) atoms. The smallest absolute Gasteiger partial charge is 0.412 e. The van der Waals surface area contributed by atoms with Crippen molar-refractivity contribution in [3.63, 3.8) is 0 Å². The lowest BCUT2D eigenvalue weighted by Gasteiger charge is -2.21. The topological polar surface area (TPSA) is 114 Å². The molecular weight excluding hydrogens is 472 g/mol. The van der Waals surface area contributed by atoms with Gasteiger partial charge >= 0.3 is 18.2 Å². The zero-order valence-electron chi connectivity index (χ0n) is 21.0. The molecule has 1 unspecified atom stereocenters. The first-order chi connectivity index (χ1) is 17.6. The van der Waals surface area contributed by atoms with E-state index in [1.165, 1.54) is 0 Å². The molecule has 0 bridgehead atoms. The van der Waals surface area contributed by atoms with E-state index in [1.54, 1.807) is 45.0 Å². The van der Waals surface area contributed by atoms with E-state index in [2.05, 4.69) is 22.8 Å². The van der Waals surface area contributed by atoms with Crippen molar-refractivity contribution in [1.82, 2.24) is 5.32 Å². The van der Waals surface area contributed by atoms with Crippen LogP contribution in [0.15, 0.2) is 72.8 Å². The summed E-state index contributed by atoms with van der Waals surface area (Å²) >= 11 is 0. The largest absolute Gasteiger partial charge is 0.481 e. The van der Waals surface area contributed by atoms with Crippen LogP contribution < -0.4 is 10.6 Å². The van der Waals surface area contributed by atoms with Gasteiger partial charge in [-0.3, -0.25) is 10.1 Å². The van der Waals surface area contributed by atoms with E-state index in [-0.39, 0.29) is 18.9 Å². The van der Waals surface area contributed by atoms with Crippen LogP contribution in [0, 0.1) is 0 Å². The minimum absolute atomic E-state index is 0.103. The second kappa shape index (κ2) is 10.7. The van der Waals surface area contributed by atoms with E-state index in [1.807, 2.05) is 36.4 Å². The number of aliphatic carboxylic acids is 1. The zero-order chi connectivity index (χ0) is 26.6. The highest BCUT2D eigenvalue weighted by Gasteiger charge is 2.29. The number of hydrogen-bond donors (Lipinski definition) is 3. The maximum Gasteiger partial charge on any atom is 0.412 e. The Bertz CT molecular complexity index is 1250. The molecular formula is C29H30N2O6. The number of anilines is 1. The summed E-state index contributed by atoms with van der Waals surface area (Å²) in [6, 6.07) is 21.8. The van der Waals surface area contributed by atoms with Crippen LogP contribution in [-0.4, -0.2) is 35.5 Å². The Balaban J connectivity index is 1.41. The van der Waals surface area contributed by atoms with E-state index in [0.717, 1.165) is 22.3 Å². The number of amides is 2. The highest BCUT2D eigenvalue weighted by atomic mass is 16.6. The van der Waals surface area contributed by atoms with Gasteiger partial charge in [-0.25, -0.2) is 9.59 Å². The van der Waals surface area contributed by atoms with Crippen molar-refractivity contribution in [2.24, 2.45) is 0 Å². The Morgan fingerprint density at radius 1 is 0.865 bits per heavy atom. The van der Waals surface area contributed by atoms with Gasteiger partial charge < -0.3 is 19.9 Å². The summed E-state index contributed by atoms with van der Waals surface area (Å²) in [5.74, 6) is -1.17. The van der Waals surface area contributed by atoms with Crippen molar-refractivity contribution in [1.29, 1.82) is 0 Å². The summed E-state index contributed by atoms with van der Waals surface area (Å²) in [5, 5.41) is 14.7. The Morgan fingerprint density at radius 2 is 1.43 bits per heavy atom. The molecule has 0 aromatic heterocycles. The van der Waals surface area contributed by atoms with Gasteiger partial charge in [0, 0.05) is 11.6 Å². The van der Waals surface area contributed by atoms with Gasteiger partial charge in [0.05, 0.1) is 12.5 Å². The molecule has 0 aliphatic heterocycles. The summed E-state index contributed by atoms with van der Waals surface area (Å²) in [6.45, 7) is 5.42. The SMILES string of the molecule is CC(C)(C)OC(=O)Nc1ccc(C(CC(=O)O)NC(=O)OCC2c3ccccc3-c3ccccc32)cc1. The zero-order valence-corrected chi connectivity index (χ0v) is 21.0. The molecule has 0 fully saturated rings. The molecule has 1 aliphatic rings. The molecule has 0 saturated heterocycles. The Morgan fingerprint density at radius 3 is 1.97 bits per heavy atom. The number of alkyl carbamates (subject to hydrolysis) is 1. The molecule has 8 nitrogen and oxygen atoms in total. The third-order valence-corrected chi connectivity index (χ3v) is 5.97. The fraction of sp³-hybridized carbons (Fsp3) is 0.276. The summed E-state index contributed by atoms with van der Waals surface area (Å²) in [7, 11) is 0. The lowest BCUT2D eigenvalue weighted by Crippen LogP contribution is -2.31. The van der Waals surface area contributed by atoms with Crippen LogP contribution in [0.1, 0.15) is 55.8 Å². The van der Waals surface area contributed by atoms with Crippen LogP contribution in [0.2, 0.25) is 0 Å². The first-order valence-electron chi connectivity index (χ1n) is 12.0. The van der Waals surface area contributed by atoms with Crippen molar-refractivity contribution in [3.8, 4) is 11.1 Å². The van der Waals surface area contributed by atoms with E-state index < -0.39 is 29.8 Å². The maximum atomic E-state index is 12.7. The molecule has 3 N–H and O–H groups in total. The van der Waals surface area contributed by atoms with Gasteiger partial charge in [0.15, 0.2) is 0 Å². The molecule has 3 aromatic rings. The number of benzene rings is 3. The quantitative estimate of drug-likeness (QED) is 0.360. The van der Waals surface area contributed by atoms with E-state index >= 15 is 0 Å². The fourth-order valence-corrected chi connectivity index (χ4v) is 4.43. The second-order valence-corrected chi connectivity index (χ2v) is 9.87. The molecule has 0 spiro atoms. The van der Waals surface area contributed by atoms with Gasteiger partial charge in [-0.1, -0.05) is 60.7 Å². The van der Waals surface area contributed by atoms with Crippen LogP contribution in [0.4, 0.5) is 15.3 Å². The molecule has 2 amide bonds. The average molecular weight is 503 g/mol. The predicted molar refractivity (Wildman–Crippen MR) is 139 cm³/mol. The molecule has 4 rings (SSSR count). The number of carboxylic acid groups (broad SMARTS) is 1. The average Bonchev–Trinajstić information content (AvgIpc) is 3.15. The molecule has 8 heteroatoms. The number of fused-ring (bicyclic) bond motifs is 3. The number of ether oxygens (including phenoxy) is 2. The number of carboxylic acids is 1. The van der Waals surface area contributed by atoms with Gasteiger partial charge in [-0.15, -0.1) is 0 Å². The lowest BCUT2D eigenvalue weighted by molar-refractivity contribution is -0.137. The first-order valence-corrected chi connectivity index (χ1v) is 12.0. The van der Waals surface area contributed by atoms with Crippen LogP contribution in [-0.2, 0) is 14.3 Å². The standard InChI is InChI=1S/C29H30N2O6/c1-29(2,3)37-28(35)30-19-14-12-18(13-15-19)25(16-26(32)33)31-27(34)36-17-24-22-10-6-4-8-20(22)21-9-5-7-11-23(21)24/h4-15,24-25H,16-17H2,1-3H3,(H,30,35)(H,31,34)(H,32,33). The van der Waals surface area contributed by atoms with Crippen molar-refractivity contribution < 1.29 is 29.0 Å². The Labute approximate surface area is 215 Å². The molecule has 0 radical (unpaired) electrons. The van der Waals surface area contributed by atoms with Crippen LogP contribution >= 0.6 is 0 Å². The van der Waals surface area contributed by atoms with Gasteiger partial charge in [-0.2, -0.15) is 0 Å². The summed E-state index contributed by atoms with van der Waals surface area (Å²) in [4.78, 5) is 36.2. The monoisotopic (exact) mass is 502 g/mol. The Hall–Kier alpha value is -4.33. The number of hydrogen-bond acceptors (Lipinski definition) is 5. The molecule has 0 saturated carbocycles. The van der Waals surface area contributed by atoms with E-state index in [4.69, 9.17) is 9.47 Å². The van der Waals surface area contributed by atoms with Gasteiger partial charge in [0.25, 0.3) is 0 Å². The molecule has 1 atom stereocenters. The number of nitrogens with one attached hydrogen (secondary N) is 2. The second-order valence-electron chi connectivity index (χ2n) is 9.87. The fourth-order valence-electron chi connectivity index (χ4n) is 4.43. The van der Waals surface area contributed by atoms with Crippen molar-refractivity contribution in [2.45, 2.75) is 44.8 Å². The van der Waals surface area contributed by atoms with Gasteiger partial charge in [0.1, 0.15) is 12.2 Å². The predicted octanol–water partition coefficient (Wildman–Crippen LogP) is 6.09. The van der Waals surface area contributed by atoms with E-state index in [0.29, 0.717) is 11.3 Å². The highest BCUT2D eigenvalue weighted by molar-refractivity contribution is 5.85. The molecule has 0 heterocycles. The molecule has 192 valence electrons. The number of carbonyl (C=O) groups is 3. The van der Waals surface area contributed by atoms with Gasteiger partial charge in [0.2, 0.25) is 0 Å². The van der Waals surface area contributed by atoms with Crippen molar-refractivity contribution in [3.05, 3.63) is 89.5 Å². The first kappa shape index (κ1) is 25.8. The third kappa shape index (κ3) is 6.46. The minimum atomic E-state index is -1.07. The van der Waals surface area contributed by atoms with Gasteiger partial charge in [-0.05, 0) is 60.7 Å². The lowest BCUT2D eigenvalue weighted by atomic mass is 9.98. The normalized spacial score (nSPS) is 13.2. The summed E-state index contributed by atoms with van der Waals surface area (Å²) < 4.78 is 10.8. The van der Waals surface area contributed by atoms with Crippen molar-refractivity contribution >= 4 is 23.8 Å². The minimum Gasteiger partial charge on any atom is -0.481 e. The van der Waals surface area contributed by atoms with Crippen molar-refractivity contribution in [2.75, 3.05) is 11.9 Å². The highest BCUT2D eigenvalue weighted by Crippen LogP contribution is 2.44. The van der Waals surface area contributed by atoms with Crippen LogP contribution in [0.5, 0.6) is 0 Å². The summed E-state index contributed by atoms with van der Waals surface area (Å²) in [5.41, 5.74) is 4.83. The summed E-state index contributed by atoms with van der Waals surface area (Å²) in [6.07, 6.45) is -1.63. The molecule has 1 aliphatic carbocycles. The molecule has 3 aromatic carbocycles. The number of carbonyl (C=O) groups excluding carboxylic acids is 2. The third-order valence-electron chi connectivity index (χ3n) is 5.97. The maximum absolute atomic E-state index is 12.7. The Kier molecular flexibility index (Phi) is 7.47. The van der Waals surface area contributed by atoms with Crippen LogP contribution in [0.3, 0.4) is 0 Å². The van der Waals surface area contributed by atoms with Crippen LogP contribution in [0.25, 0.3) is 11.1 Å².